The Morgan fingerprint density at radius 3 is 2.74 bits per heavy atom. The lowest BCUT2D eigenvalue weighted by Crippen LogP contribution is -2.37. The number of carboxylic acid groups (broad SMARTS) is 1. The van der Waals surface area contributed by atoms with Crippen LogP contribution in [0, 0.1) is 5.92 Å². The molecule has 1 amide bonds. The summed E-state index contributed by atoms with van der Waals surface area (Å²) in [6.07, 6.45) is 6.01. The summed E-state index contributed by atoms with van der Waals surface area (Å²) in [4.78, 5) is 27.7. The van der Waals surface area contributed by atoms with Crippen molar-refractivity contribution in [3.8, 4) is 0 Å². The standard InChI is InChI=1S/C13H18N2O4/c16-11(12-14-6-9-19-12)3-1-2-10-4-7-15(8-5-10)13(17)18/h6,9-10H,1-5,7-8H2,(H,17,18). The SMILES string of the molecule is O=C(CCCC1CCN(C(=O)O)CC1)c1ncco1. The van der Waals surface area contributed by atoms with Crippen molar-refractivity contribution < 1.29 is 19.1 Å². The fourth-order valence-electron chi connectivity index (χ4n) is 2.43. The smallest absolute Gasteiger partial charge is 0.407 e. The number of carbonyl (C=O) groups excluding carboxylic acids is 1. The monoisotopic (exact) mass is 266 g/mol. The number of carbonyl (C=O) groups is 2. The Morgan fingerprint density at radius 2 is 2.16 bits per heavy atom. The summed E-state index contributed by atoms with van der Waals surface area (Å²) in [5.41, 5.74) is 0. The predicted molar refractivity (Wildman–Crippen MR) is 67.0 cm³/mol. The fourth-order valence-corrected chi connectivity index (χ4v) is 2.43. The van der Waals surface area contributed by atoms with E-state index in [-0.39, 0.29) is 11.7 Å². The van der Waals surface area contributed by atoms with Gasteiger partial charge in [-0.15, -0.1) is 0 Å². The quantitative estimate of drug-likeness (QED) is 0.827. The lowest BCUT2D eigenvalue weighted by molar-refractivity contribution is 0.0941. The molecule has 2 rings (SSSR count). The highest BCUT2D eigenvalue weighted by Gasteiger charge is 2.22. The van der Waals surface area contributed by atoms with Crippen molar-refractivity contribution in [3.05, 3.63) is 18.4 Å². The third-order valence-electron chi connectivity index (χ3n) is 3.57. The molecular formula is C13H18N2O4. The van der Waals surface area contributed by atoms with Gasteiger partial charge in [-0.05, 0) is 31.6 Å². The first-order valence-electron chi connectivity index (χ1n) is 6.57. The summed E-state index contributed by atoms with van der Waals surface area (Å²) in [7, 11) is 0. The molecule has 0 radical (unpaired) electrons. The minimum Gasteiger partial charge on any atom is -0.465 e. The first kappa shape index (κ1) is 13.6. The molecule has 0 bridgehead atoms. The Kier molecular flexibility index (Phi) is 4.54. The maximum atomic E-state index is 11.6. The number of Topliss-reactive ketones (excluding diaryl/α,β-unsaturated/α-hetero) is 1. The van der Waals surface area contributed by atoms with E-state index in [1.807, 2.05) is 0 Å². The van der Waals surface area contributed by atoms with Crippen LogP contribution in [0.3, 0.4) is 0 Å². The molecule has 0 unspecified atom stereocenters. The van der Waals surface area contributed by atoms with Crippen LogP contribution >= 0.6 is 0 Å². The van der Waals surface area contributed by atoms with Gasteiger partial charge in [-0.2, -0.15) is 0 Å². The van der Waals surface area contributed by atoms with Crippen molar-refractivity contribution >= 4 is 11.9 Å². The maximum Gasteiger partial charge on any atom is 0.407 e. The van der Waals surface area contributed by atoms with Gasteiger partial charge in [-0.1, -0.05) is 0 Å². The Labute approximate surface area is 111 Å². The lowest BCUT2D eigenvalue weighted by atomic mass is 9.91. The van der Waals surface area contributed by atoms with Crippen molar-refractivity contribution in [1.82, 2.24) is 9.88 Å². The van der Waals surface area contributed by atoms with Gasteiger partial charge in [0, 0.05) is 19.5 Å². The molecular weight excluding hydrogens is 248 g/mol. The van der Waals surface area contributed by atoms with Crippen molar-refractivity contribution in [1.29, 1.82) is 0 Å². The molecule has 0 atom stereocenters. The fraction of sp³-hybridized carbons (Fsp3) is 0.615. The average molecular weight is 266 g/mol. The first-order chi connectivity index (χ1) is 9.16. The second-order valence-electron chi connectivity index (χ2n) is 4.87. The van der Waals surface area contributed by atoms with Gasteiger partial charge < -0.3 is 14.4 Å². The second-order valence-corrected chi connectivity index (χ2v) is 4.87. The molecule has 0 aromatic carbocycles. The summed E-state index contributed by atoms with van der Waals surface area (Å²) in [6.45, 7) is 1.21. The van der Waals surface area contributed by atoms with Crippen LogP contribution in [0.1, 0.15) is 42.8 Å². The normalized spacial score (nSPS) is 16.5. The number of oxazole rings is 1. The minimum absolute atomic E-state index is 0.0621. The van der Waals surface area contributed by atoms with Crippen molar-refractivity contribution in [2.75, 3.05) is 13.1 Å². The van der Waals surface area contributed by atoms with Gasteiger partial charge in [0.15, 0.2) is 0 Å². The van der Waals surface area contributed by atoms with Gasteiger partial charge in [0.25, 0.3) is 5.89 Å². The zero-order chi connectivity index (χ0) is 13.7. The molecule has 0 aliphatic carbocycles. The van der Waals surface area contributed by atoms with Gasteiger partial charge >= 0.3 is 6.09 Å². The topological polar surface area (TPSA) is 83.6 Å². The van der Waals surface area contributed by atoms with E-state index >= 15 is 0 Å². The third kappa shape index (κ3) is 3.81. The van der Waals surface area contributed by atoms with E-state index in [0.717, 1.165) is 25.7 Å². The molecule has 19 heavy (non-hydrogen) atoms. The molecule has 1 aliphatic heterocycles. The van der Waals surface area contributed by atoms with E-state index in [1.54, 1.807) is 0 Å². The van der Waals surface area contributed by atoms with Gasteiger partial charge in [-0.25, -0.2) is 9.78 Å². The van der Waals surface area contributed by atoms with Crippen LogP contribution in [0.5, 0.6) is 0 Å². The Bertz CT molecular complexity index is 422. The molecule has 6 nitrogen and oxygen atoms in total. The van der Waals surface area contributed by atoms with Crippen LogP contribution in [0.25, 0.3) is 0 Å². The highest BCUT2D eigenvalue weighted by Crippen LogP contribution is 2.23. The van der Waals surface area contributed by atoms with Gasteiger partial charge in [0.05, 0.1) is 6.20 Å². The summed E-state index contributed by atoms with van der Waals surface area (Å²) in [5.74, 6) is 0.640. The van der Waals surface area contributed by atoms with Crippen LogP contribution in [0.4, 0.5) is 4.79 Å². The largest absolute Gasteiger partial charge is 0.465 e. The molecule has 1 fully saturated rings. The van der Waals surface area contributed by atoms with Gasteiger partial charge in [0.2, 0.25) is 5.78 Å². The van der Waals surface area contributed by atoms with Crippen LogP contribution < -0.4 is 0 Å². The highest BCUT2D eigenvalue weighted by atomic mass is 16.4. The van der Waals surface area contributed by atoms with Crippen molar-refractivity contribution in [3.63, 3.8) is 0 Å². The zero-order valence-electron chi connectivity index (χ0n) is 10.7. The summed E-state index contributed by atoms with van der Waals surface area (Å²) < 4.78 is 4.95. The number of hydrogen-bond donors (Lipinski definition) is 1. The van der Waals surface area contributed by atoms with Gasteiger partial charge in [-0.3, -0.25) is 4.79 Å². The zero-order valence-corrected chi connectivity index (χ0v) is 10.7. The predicted octanol–water partition coefficient (Wildman–Crippen LogP) is 2.42. The molecule has 1 aromatic heterocycles. The lowest BCUT2D eigenvalue weighted by Gasteiger charge is -2.29. The Balaban J connectivity index is 1.65. The number of ketones is 1. The molecule has 1 aliphatic rings. The van der Waals surface area contributed by atoms with Crippen LogP contribution in [-0.4, -0.2) is 40.0 Å². The van der Waals surface area contributed by atoms with E-state index in [2.05, 4.69) is 4.98 Å². The number of nitrogens with zero attached hydrogens (tertiary/aromatic N) is 2. The first-order valence-corrected chi connectivity index (χ1v) is 6.57. The molecule has 1 saturated heterocycles. The minimum atomic E-state index is -0.836. The van der Waals surface area contributed by atoms with E-state index in [1.165, 1.54) is 17.4 Å². The second kappa shape index (κ2) is 6.36. The van der Waals surface area contributed by atoms with E-state index in [9.17, 15) is 9.59 Å². The molecule has 0 saturated carbocycles. The number of rotatable bonds is 5. The van der Waals surface area contributed by atoms with Crippen molar-refractivity contribution in [2.45, 2.75) is 32.1 Å². The van der Waals surface area contributed by atoms with Crippen LogP contribution in [-0.2, 0) is 0 Å². The molecule has 0 spiro atoms. The van der Waals surface area contributed by atoms with E-state index in [4.69, 9.17) is 9.52 Å². The van der Waals surface area contributed by atoms with Gasteiger partial charge in [0.1, 0.15) is 6.26 Å². The van der Waals surface area contributed by atoms with Crippen LogP contribution in [0.15, 0.2) is 16.9 Å². The molecule has 104 valence electrons. The summed E-state index contributed by atoms with van der Waals surface area (Å²) in [6, 6.07) is 0. The highest BCUT2D eigenvalue weighted by molar-refractivity contribution is 5.91. The van der Waals surface area contributed by atoms with E-state index < -0.39 is 6.09 Å². The summed E-state index contributed by atoms with van der Waals surface area (Å²) >= 11 is 0. The third-order valence-corrected chi connectivity index (χ3v) is 3.57. The Morgan fingerprint density at radius 1 is 1.42 bits per heavy atom. The number of likely N-dealkylation sites (tertiary alicyclic amines) is 1. The summed E-state index contributed by atoms with van der Waals surface area (Å²) in [5, 5.41) is 8.84. The number of piperidine rings is 1. The maximum absolute atomic E-state index is 11.6. The Hall–Kier alpha value is -1.85. The molecule has 1 aromatic rings. The average Bonchev–Trinajstić information content (AvgIpc) is 2.93. The molecule has 2 heterocycles. The number of hydrogen-bond acceptors (Lipinski definition) is 4. The molecule has 1 N–H and O–H groups in total. The van der Waals surface area contributed by atoms with Crippen LogP contribution in [0.2, 0.25) is 0 Å². The number of aromatic nitrogens is 1. The van der Waals surface area contributed by atoms with E-state index in [0.29, 0.717) is 25.4 Å². The van der Waals surface area contributed by atoms with Crippen molar-refractivity contribution in [2.24, 2.45) is 5.92 Å². The molecule has 6 heteroatoms. The number of amides is 1.